The number of anilines is 2. The van der Waals surface area contributed by atoms with Crippen LogP contribution in [-0.4, -0.2) is 16.0 Å². The Kier molecular flexibility index (Phi) is 3.79. The summed E-state index contributed by atoms with van der Waals surface area (Å²) in [5, 5.41) is 22.1. The molecule has 0 saturated heterocycles. The quantitative estimate of drug-likeness (QED) is 0.666. The van der Waals surface area contributed by atoms with E-state index in [0.717, 1.165) is 12.1 Å². The van der Waals surface area contributed by atoms with Gasteiger partial charge in [0.1, 0.15) is 11.4 Å². The molecule has 0 amide bonds. The van der Waals surface area contributed by atoms with Gasteiger partial charge in [-0.25, -0.2) is 13.6 Å². The second-order valence-electron chi connectivity index (χ2n) is 4.05. The zero-order chi connectivity index (χ0) is 15.6. The lowest BCUT2D eigenvalue weighted by Crippen LogP contribution is -2.05. The van der Waals surface area contributed by atoms with Gasteiger partial charge in [0.15, 0.2) is 5.82 Å². The van der Waals surface area contributed by atoms with Crippen molar-refractivity contribution in [3.8, 4) is 0 Å². The van der Waals surface area contributed by atoms with Crippen LogP contribution in [0.15, 0.2) is 36.4 Å². The molecular formula is C13H8F2N2O4. The number of halogens is 2. The molecule has 2 aromatic carbocycles. The summed E-state index contributed by atoms with van der Waals surface area (Å²) < 4.78 is 26.8. The zero-order valence-electron chi connectivity index (χ0n) is 10.3. The number of benzene rings is 2. The van der Waals surface area contributed by atoms with Crippen LogP contribution in [0.3, 0.4) is 0 Å². The van der Waals surface area contributed by atoms with Crippen LogP contribution in [0, 0.1) is 21.7 Å². The van der Waals surface area contributed by atoms with Crippen LogP contribution in [0.5, 0.6) is 0 Å². The molecule has 0 radical (unpaired) electrons. The molecule has 21 heavy (non-hydrogen) atoms. The van der Waals surface area contributed by atoms with Gasteiger partial charge in [0, 0.05) is 5.69 Å². The smallest absolute Gasteiger partial charge is 0.342 e. The monoisotopic (exact) mass is 294 g/mol. The largest absolute Gasteiger partial charge is 0.477 e. The van der Waals surface area contributed by atoms with E-state index < -0.39 is 33.8 Å². The van der Waals surface area contributed by atoms with Gasteiger partial charge in [0.25, 0.3) is 5.69 Å². The third kappa shape index (κ3) is 3.11. The number of nitro groups is 1. The highest BCUT2D eigenvalue weighted by Gasteiger charge is 2.23. The van der Waals surface area contributed by atoms with Gasteiger partial charge < -0.3 is 10.4 Å². The van der Waals surface area contributed by atoms with E-state index in [1.54, 1.807) is 0 Å². The van der Waals surface area contributed by atoms with Gasteiger partial charge in [-0.15, -0.1) is 0 Å². The standard InChI is InChI=1S/C13H8F2N2O4/c14-7-2-1-3-8(4-7)16-11-5-9(13(18)19)12(17(20)21)6-10(11)15/h1-6,16H,(H,18,19). The minimum absolute atomic E-state index is 0.180. The highest BCUT2D eigenvalue weighted by Crippen LogP contribution is 2.28. The summed E-state index contributed by atoms with van der Waals surface area (Å²) in [7, 11) is 0. The Morgan fingerprint density at radius 2 is 1.95 bits per heavy atom. The molecule has 0 unspecified atom stereocenters. The van der Waals surface area contributed by atoms with Crippen LogP contribution < -0.4 is 5.32 Å². The van der Waals surface area contributed by atoms with Crippen LogP contribution in [-0.2, 0) is 0 Å². The van der Waals surface area contributed by atoms with Crippen LogP contribution >= 0.6 is 0 Å². The first-order valence-electron chi connectivity index (χ1n) is 5.62. The average Bonchev–Trinajstić information content (AvgIpc) is 2.40. The lowest BCUT2D eigenvalue weighted by Gasteiger charge is -2.09. The lowest BCUT2D eigenvalue weighted by atomic mass is 10.1. The summed E-state index contributed by atoms with van der Waals surface area (Å²) in [5.41, 5.74) is -1.65. The first kappa shape index (κ1) is 14.4. The van der Waals surface area contributed by atoms with Gasteiger partial charge in [-0.1, -0.05) is 6.07 Å². The molecule has 0 aliphatic heterocycles. The van der Waals surface area contributed by atoms with Crippen molar-refractivity contribution in [1.82, 2.24) is 0 Å². The summed E-state index contributed by atoms with van der Waals surface area (Å²) >= 11 is 0. The van der Waals surface area contributed by atoms with Crippen molar-refractivity contribution in [3.63, 3.8) is 0 Å². The van der Waals surface area contributed by atoms with Gasteiger partial charge in [-0.05, 0) is 24.3 Å². The molecule has 0 heterocycles. The van der Waals surface area contributed by atoms with Crippen molar-refractivity contribution in [2.75, 3.05) is 5.32 Å². The summed E-state index contributed by atoms with van der Waals surface area (Å²) in [6, 6.07) is 6.36. The van der Waals surface area contributed by atoms with Crippen molar-refractivity contribution < 1.29 is 23.6 Å². The van der Waals surface area contributed by atoms with E-state index in [9.17, 15) is 23.7 Å². The SMILES string of the molecule is O=C(O)c1cc(Nc2cccc(F)c2)c(F)cc1[N+](=O)[O-]. The van der Waals surface area contributed by atoms with Gasteiger partial charge in [-0.3, -0.25) is 10.1 Å². The zero-order valence-corrected chi connectivity index (χ0v) is 10.3. The molecule has 0 spiro atoms. The minimum Gasteiger partial charge on any atom is -0.477 e. The fourth-order valence-electron chi connectivity index (χ4n) is 1.70. The van der Waals surface area contributed by atoms with E-state index in [-0.39, 0.29) is 11.4 Å². The molecule has 0 aromatic heterocycles. The number of aromatic carboxylic acids is 1. The van der Waals surface area contributed by atoms with Crippen molar-refractivity contribution in [3.05, 3.63) is 63.7 Å². The molecule has 0 bridgehead atoms. The highest BCUT2D eigenvalue weighted by atomic mass is 19.1. The molecule has 8 heteroatoms. The van der Waals surface area contributed by atoms with E-state index in [4.69, 9.17) is 5.11 Å². The third-order valence-corrected chi connectivity index (χ3v) is 2.62. The molecule has 0 saturated carbocycles. The van der Waals surface area contributed by atoms with Crippen molar-refractivity contribution in [1.29, 1.82) is 0 Å². The number of nitrogens with zero attached hydrogens (tertiary/aromatic N) is 1. The molecule has 2 N–H and O–H groups in total. The number of nitro benzene ring substituents is 1. The van der Waals surface area contributed by atoms with Crippen LogP contribution in [0.25, 0.3) is 0 Å². The fraction of sp³-hybridized carbons (Fsp3) is 0. The van der Waals surface area contributed by atoms with Gasteiger partial charge in [-0.2, -0.15) is 0 Å². The van der Waals surface area contributed by atoms with E-state index in [1.165, 1.54) is 18.2 Å². The number of hydrogen-bond donors (Lipinski definition) is 2. The van der Waals surface area contributed by atoms with Gasteiger partial charge in [0.2, 0.25) is 0 Å². The predicted molar refractivity (Wildman–Crippen MR) is 69.7 cm³/mol. The number of carboxylic acids is 1. The van der Waals surface area contributed by atoms with Crippen molar-refractivity contribution in [2.45, 2.75) is 0 Å². The average molecular weight is 294 g/mol. The van der Waals surface area contributed by atoms with E-state index in [1.807, 2.05) is 0 Å². The highest BCUT2D eigenvalue weighted by molar-refractivity contribution is 5.94. The molecule has 108 valence electrons. The Labute approximate surface area is 116 Å². The molecule has 0 aliphatic rings. The Bertz CT molecular complexity index is 734. The van der Waals surface area contributed by atoms with Gasteiger partial charge in [0.05, 0.1) is 16.7 Å². The third-order valence-electron chi connectivity index (χ3n) is 2.62. The number of hydrogen-bond acceptors (Lipinski definition) is 4. The van der Waals surface area contributed by atoms with E-state index in [2.05, 4.69) is 5.32 Å². The summed E-state index contributed by atoms with van der Waals surface area (Å²) in [5.74, 6) is -3.15. The first-order valence-corrected chi connectivity index (χ1v) is 5.62. The molecule has 2 rings (SSSR count). The van der Waals surface area contributed by atoms with Gasteiger partial charge >= 0.3 is 5.97 Å². The van der Waals surface area contributed by atoms with Crippen molar-refractivity contribution >= 4 is 23.0 Å². The van der Waals surface area contributed by atoms with Crippen LogP contribution in [0.4, 0.5) is 25.8 Å². The molecule has 6 nitrogen and oxygen atoms in total. The second kappa shape index (κ2) is 5.53. The maximum Gasteiger partial charge on any atom is 0.342 e. The summed E-state index contributed by atoms with van der Waals surface area (Å²) in [6.07, 6.45) is 0. The fourth-order valence-corrected chi connectivity index (χ4v) is 1.70. The summed E-state index contributed by atoms with van der Waals surface area (Å²) in [6.45, 7) is 0. The molecular weight excluding hydrogens is 286 g/mol. The van der Waals surface area contributed by atoms with Crippen LogP contribution in [0.2, 0.25) is 0 Å². The molecule has 0 aliphatic carbocycles. The number of carbonyl (C=O) groups is 1. The Hall–Kier alpha value is -3.03. The number of rotatable bonds is 4. The molecule has 2 aromatic rings. The summed E-state index contributed by atoms with van der Waals surface area (Å²) in [4.78, 5) is 20.7. The predicted octanol–water partition coefficient (Wildman–Crippen LogP) is 3.31. The lowest BCUT2D eigenvalue weighted by molar-refractivity contribution is -0.385. The minimum atomic E-state index is -1.57. The number of nitrogens with one attached hydrogen (secondary N) is 1. The first-order chi connectivity index (χ1) is 9.88. The maximum atomic E-state index is 13.8. The molecule has 0 fully saturated rings. The molecule has 0 atom stereocenters. The Morgan fingerprint density at radius 3 is 2.52 bits per heavy atom. The van der Waals surface area contributed by atoms with E-state index >= 15 is 0 Å². The Balaban J connectivity index is 2.47. The normalized spacial score (nSPS) is 10.2. The second-order valence-corrected chi connectivity index (χ2v) is 4.05. The topological polar surface area (TPSA) is 92.5 Å². The van der Waals surface area contributed by atoms with Crippen molar-refractivity contribution in [2.24, 2.45) is 0 Å². The Morgan fingerprint density at radius 1 is 1.24 bits per heavy atom. The maximum absolute atomic E-state index is 13.8. The number of carboxylic acid groups (broad SMARTS) is 1. The van der Waals surface area contributed by atoms with E-state index in [0.29, 0.717) is 6.07 Å². The van der Waals surface area contributed by atoms with Crippen LogP contribution in [0.1, 0.15) is 10.4 Å².